The van der Waals surface area contributed by atoms with Crippen molar-refractivity contribution in [1.29, 1.82) is 0 Å². The Balaban J connectivity index is 2.53. The number of ether oxygens (including phenoxy) is 1. The van der Waals surface area contributed by atoms with Gasteiger partial charge in [0.05, 0.1) is 0 Å². The van der Waals surface area contributed by atoms with Crippen LogP contribution in [0.15, 0.2) is 22.7 Å². The van der Waals surface area contributed by atoms with E-state index in [1.54, 1.807) is 0 Å². The number of aromatic nitrogens is 2. The Morgan fingerprint density at radius 3 is 2.19 bits per heavy atom. The number of hydrogen-bond acceptors (Lipinski definition) is 4. The molecule has 0 atom stereocenters. The normalized spacial score (nSPS) is 11.5. The van der Waals surface area contributed by atoms with E-state index in [2.05, 4.69) is 25.9 Å². The average Bonchev–Trinajstić information content (AvgIpc) is 2.36. The second-order valence-corrected chi connectivity index (χ2v) is 4.49. The number of nitrogen functional groups attached to an aromatic ring is 1. The predicted molar refractivity (Wildman–Crippen MR) is 65.6 cm³/mol. The van der Waals surface area contributed by atoms with Crippen LogP contribution in [0.2, 0.25) is 0 Å². The second kappa shape index (κ2) is 5.43. The summed E-state index contributed by atoms with van der Waals surface area (Å²) in [6.45, 7) is 0. The van der Waals surface area contributed by atoms with E-state index in [1.807, 2.05) is 0 Å². The fraction of sp³-hybridized carbons (Fsp3) is 0.0909. The van der Waals surface area contributed by atoms with Crippen molar-refractivity contribution >= 4 is 21.9 Å². The van der Waals surface area contributed by atoms with Gasteiger partial charge < -0.3 is 10.5 Å². The summed E-state index contributed by atoms with van der Waals surface area (Å²) >= 11 is 2.59. The Bertz CT molecular complexity index is 672. The van der Waals surface area contributed by atoms with Crippen molar-refractivity contribution in [2.24, 2.45) is 0 Å². The molecular weight excluding hydrogens is 365 g/mol. The highest BCUT2D eigenvalue weighted by Gasteiger charge is 2.37. The smallest absolute Gasteiger partial charge is 0.431 e. The van der Waals surface area contributed by atoms with Gasteiger partial charge in [-0.3, -0.25) is 0 Å². The average molecular weight is 370 g/mol. The van der Waals surface area contributed by atoms with E-state index in [0.29, 0.717) is 0 Å². The van der Waals surface area contributed by atoms with Gasteiger partial charge >= 0.3 is 6.18 Å². The molecule has 0 radical (unpaired) electrons. The van der Waals surface area contributed by atoms with Gasteiger partial charge in [0.15, 0.2) is 17.3 Å². The monoisotopic (exact) mass is 369 g/mol. The first-order valence-corrected chi connectivity index (χ1v) is 6.01. The molecule has 1 aromatic heterocycles. The van der Waals surface area contributed by atoms with Crippen LogP contribution in [0.4, 0.5) is 27.9 Å². The number of nitrogens with zero attached hydrogens (tertiary/aromatic N) is 2. The van der Waals surface area contributed by atoms with Crippen molar-refractivity contribution in [3.63, 3.8) is 0 Å². The van der Waals surface area contributed by atoms with Crippen molar-refractivity contribution in [2.45, 2.75) is 6.18 Å². The van der Waals surface area contributed by atoms with Crippen molar-refractivity contribution in [2.75, 3.05) is 5.73 Å². The van der Waals surface area contributed by atoms with E-state index in [4.69, 9.17) is 10.5 Å². The molecule has 0 bridgehead atoms. The fourth-order valence-electron chi connectivity index (χ4n) is 1.38. The Kier molecular flexibility index (Phi) is 3.99. The van der Waals surface area contributed by atoms with Crippen LogP contribution in [0.5, 0.6) is 11.6 Å². The van der Waals surface area contributed by atoms with Crippen molar-refractivity contribution in [3.8, 4) is 11.6 Å². The summed E-state index contributed by atoms with van der Waals surface area (Å²) in [5, 5.41) is 0. The van der Waals surface area contributed by atoms with Crippen LogP contribution in [0.1, 0.15) is 5.69 Å². The zero-order chi connectivity index (χ0) is 15.8. The summed E-state index contributed by atoms with van der Waals surface area (Å²) < 4.78 is 69.1. The molecule has 10 heteroatoms. The molecule has 0 aliphatic rings. The van der Waals surface area contributed by atoms with E-state index in [-0.39, 0.29) is 0 Å². The SMILES string of the molecule is Nc1nc(Oc2c(F)cccc2F)c(Br)c(C(F)(F)F)n1. The maximum absolute atomic E-state index is 13.4. The summed E-state index contributed by atoms with van der Waals surface area (Å²) in [7, 11) is 0. The van der Waals surface area contributed by atoms with Crippen LogP contribution in [0, 0.1) is 11.6 Å². The lowest BCUT2D eigenvalue weighted by Gasteiger charge is -2.13. The van der Waals surface area contributed by atoms with Crippen LogP contribution >= 0.6 is 15.9 Å². The predicted octanol–water partition coefficient (Wildman–Crippen LogP) is 3.91. The highest BCUT2D eigenvalue weighted by Crippen LogP contribution is 2.39. The van der Waals surface area contributed by atoms with Crippen molar-refractivity contribution in [3.05, 3.63) is 40.0 Å². The standard InChI is InChI=1S/C11H5BrF5N3O/c12-6-8(11(15,16)17)19-10(18)20-9(6)21-7-4(13)2-1-3-5(7)14/h1-3H,(H2,18,19,20). The first-order chi connectivity index (χ1) is 9.70. The molecule has 1 heterocycles. The first-order valence-electron chi connectivity index (χ1n) is 5.22. The summed E-state index contributed by atoms with van der Waals surface area (Å²) in [5.74, 6) is -4.61. The third kappa shape index (κ3) is 3.20. The van der Waals surface area contributed by atoms with E-state index in [9.17, 15) is 22.0 Å². The lowest BCUT2D eigenvalue weighted by molar-refractivity contribution is -0.141. The van der Waals surface area contributed by atoms with Gasteiger partial charge in [0, 0.05) is 0 Å². The Morgan fingerprint density at radius 1 is 1.10 bits per heavy atom. The van der Waals surface area contributed by atoms with Crippen LogP contribution < -0.4 is 10.5 Å². The second-order valence-electron chi connectivity index (χ2n) is 3.70. The maximum Gasteiger partial charge on any atom is 0.434 e. The van der Waals surface area contributed by atoms with E-state index < -0.39 is 45.6 Å². The van der Waals surface area contributed by atoms with Crippen molar-refractivity contribution < 1.29 is 26.7 Å². The number of nitrogens with two attached hydrogens (primary N) is 1. The zero-order valence-corrected chi connectivity index (χ0v) is 11.5. The van der Waals surface area contributed by atoms with Crippen LogP contribution in [-0.2, 0) is 6.18 Å². The number of anilines is 1. The minimum atomic E-state index is -4.85. The quantitative estimate of drug-likeness (QED) is 0.815. The first kappa shape index (κ1) is 15.4. The third-order valence-corrected chi connectivity index (χ3v) is 2.94. The lowest BCUT2D eigenvalue weighted by Crippen LogP contribution is -2.13. The molecule has 0 saturated heterocycles. The summed E-state index contributed by atoms with van der Waals surface area (Å²) in [5.41, 5.74) is 3.73. The molecule has 21 heavy (non-hydrogen) atoms. The Hall–Kier alpha value is -1.97. The zero-order valence-electron chi connectivity index (χ0n) is 9.88. The Labute approximate surface area is 122 Å². The van der Waals surface area contributed by atoms with Crippen molar-refractivity contribution in [1.82, 2.24) is 9.97 Å². The van der Waals surface area contributed by atoms with E-state index >= 15 is 0 Å². The largest absolute Gasteiger partial charge is 0.434 e. The number of rotatable bonds is 2. The summed E-state index contributed by atoms with van der Waals surface area (Å²) in [6, 6.07) is 2.82. The van der Waals surface area contributed by atoms with Gasteiger partial charge in [-0.1, -0.05) is 6.07 Å². The van der Waals surface area contributed by atoms with Crippen LogP contribution in [0.3, 0.4) is 0 Å². The molecule has 1 aromatic carbocycles. The molecule has 0 saturated carbocycles. The van der Waals surface area contributed by atoms with Crippen LogP contribution in [-0.4, -0.2) is 9.97 Å². The number of hydrogen-bond donors (Lipinski definition) is 1. The lowest BCUT2D eigenvalue weighted by atomic mass is 10.3. The van der Waals surface area contributed by atoms with Crippen LogP contribution in [0.25, 0.3) is 0 Å². The van der Waals surface area contributed by atoms with Gasteiger partial charge in [-0.25, -0.2) is 13.8 Å². The maximum atomic E-state index is 13.4. The van der Waals surface area contributed by atoms with Gasteiger partial charge in [-0.05, 0) is 28.1 Å². The number of para-hydroxylation sites is 1. The minimum absolute atomic E-state index is 0.716. The van der Waals surface area contributed by atoms with Gasteiger partial charge in [-0.15, -0.1) is 0 Å². The molecule has 0 aliphatic carbocycles. The third-order valence-electron chi connectivity index (χ3n) is 2.22. The molecule has 2 aromatic rings. The molecular formula is C11H5BrF5N3O. The molecule has 2 N–H and O–H groups in total. The summed E-state index contributed by atoms with van der Waals surface area (Å²) in [4.78, 5) is 6.41. The number of halogens is 6. The van der Waals surface area contributed by atoms with Gasteiger partial charge in [-0.2, -0.15) is 18.2 Å². The summed E-state index contributed by atoms with van der Waals surface area (Å²) in [6.07, 6.45) is -4.85. The highest BCUT2D eigenvalue weighted by atomic mass is 79.9. The Morgan fingerprint density at radius 2 is 1.67 bits per heavy atom. The van der Waals surface area contributed by atoms with Gasteiger partial charge in [0.2, 0.25) is 17.6 Å². The minimum Gasteiger partial charge on any atom is -0.431 e. The molecule has 4 nitrogen and oxygen atoms in total. The molecule has 112 valence electrons. The highest BCUT2D eigenvalue weighted by molar-refractivity contribution is 9.10. The molecule has 2 rings (SSSR count). The molecule has 0 fully saturated rings. The van der Waals surface area contributed by atoms with Gasteiger partial charge in [0.25, 0.3) is 0 Å². The van der Waals surface area contributed by atoms with E-state index in [0.717, 1.165) is 18.2 Å². The number of alkyl halides is 3. The molecule has 0 aliphatic heterocycles. The molecule has 0 spiro atoms. The number of benzene rings is 1. The molecule has 0 unspecified atom stereocenters. The topological polar surface area (TPSA) is 61.0 Å². The van der Waals surface area contributed by atoms with Gasteiger partial charge in [0.1, 0.15) is 4.47 Å². The molecule has 0 amide bonds. The van der Waals surface area contributed by atoms with E-state index in [1.165, 1.54) is 0 Å². The fourth-order valence-corrected chi connectivity index (χ4v) is 1.86.